The fourth-order valence-corrected chi connectivity index (χ4v) is 1.83. The normalized spacial score (nSPS) is 15.4. The average Bonchev–Trinajstić information content (AvgIpc) is 2.66. The fourth-order valence-electron chi connectivity index (χ4n) is 1.83. The first-order valence-corrected chi connectivity index (χ1v) is 6.12. The molecule has 0 bridgehead atoms. The van der Waals surface area contributed by atoms with Gasteiger partial charge in [0.05, 0.1) is 5.60 Å². The molecule has 1 atom stereocenters. The number of aromatic nitrogens is 3. The molecule has 92 valence electrons. The number of aliphatic hydroxyl groups is 1. The molecule has 1 N–H and O–H groups in total. The van der Waals surface area contributed by atoms with Crippen molar-refractivity contribution in [3.8, 4) is 0 Å². The summed E-state index contributed by atoms with van der Waals surface area (Å²) in [5, 5.41) is 14.7. The van der Waals surface area contributed by atoms with Gasteiger partial charge in [0, 0.05) is 13.0 Å². The van der Waals surface area contributed by atoms with Crippen LogP contribution in [0.5, 0.6) is 0 Å². The van der Waals surface area contributed by atoms with Crippen LogP contribution in [0.25, 0.3) is 0 Å². The molecule has 1 aromatic heterocycles. The Bertz CT molecular complexity index is 322. The zero-order valence-electron chi connectivity index (χ0n) is 10.8. The highest BCUT2D eigenvalue weighted by Gasteiger charge is 2.30. The van der Waals surface area contributed by atoms with Crippen molar-refractivity contribution in [2.24, 2.45) is 5.92 Å². The molecule has 0 aliphatic rings. The summed E-state index contributed by atoms with van der Waals surface area (Å²) >= 11 is 0. The monoisotopic (exact) mass is 225 g/mol. The van der Waals surface area contributed by atoms with Gasteiger partial charge in [0.2, 0.25) is 0 Å². The lowest BCUT2D eigenvalue weighted by molar-refractivity contribution is -0.0109. The van der Waals surface area contributed by atoms with Crippen LogP contribution in [-0.4, -0.2) is 25.5 Å². The molecule has 0 aliphatic carbocycles. The summed E-state index contributed by atoms with van der Waals surface area (Å²) in [7, 11) is 0. The molecule has 1 rings (SSSR count). The van der Waals surface area contributed by atoms with Crippen LogP contribution in [0.2, 0.25) is 0 Å². The van der Waals surface area contributed by atoms with Crippen molar-refractivity contribution in [3.05, 3.63) is 12.2 Å². The number of nitrogens with zero attached hydrogens (tertiary/aromatic N) is 3. The van der Waals surface area contributed by atoms with Gasteiger partial charge in [0.15, 0.2) is 0 Å². The van der Waals surface area contributed by atoms with E-state index in [2.05, 4.69) is 17.0 Å². The Hall–Kier alpha value is -0.900. The molecule has 0 fully saturated rings. The highest BCUT2D eigenvalue weighted by Crippen LogP contribution is 2.24. The summed E-state index contributed by atoms with van der Waals surface area (Å²) in [5.74, 6) is 1.11. The molecule has 0 radical (unpaired) electrons. The highest BCUT2D eigenvalue weighted by molar-refractivity contribution is 4.95. The van der Waals surface area contributed by atoms with Crippen molar-refractivity contribution in [2.45, 2.75) is 59.1 Å². The molecule has 0 saturated carbocycles. The van der Waals surface area contributed by atoms with Crippen LogP contribution in [0, 0.1) is 5.92 Å². The highest BCUT2D eigenvalue weighted by atomic mass is 16.3. The average molecular weight is 225 g/mol. The molecule has 4 nitrogen and oxygen atoms in total. The fraction of sp³-hybridized carbons (Fsp3) is 0.833. The van der Waals surface area contributed by atoms with Gasteiger partial charge in [-0.3, -0.25) is 4.68 Å². The Morgan fingerprint density at radius 1 is 1.44 bits per heavy atom. The number of hydrogen-bond donors (Lipinski definition) is 1. The predicted molar refractivity (Wildman–Crippen MR) is 64.1 cm³/mol. The third-order valence-corrected chi connectivity index (χ3v) is 3.28. The molecule has 0 spiro atoms. The Morgan fingerprint density at radius 3 is 2.62 bits per heavy atom. The molecule has 0 saturated heterocycles. The van der Waals surface area contributed by atoms with Gasteiger partial charge in [-0.15, -0.1) is 0 Å². The summed E-state index contributed by atoms with van der Waals surface area (Å²) in [6, 6.07) is 0. The smallest absolute Gasteiger partial charge is 0.138 e. The van der Waals surface area contributed by atoms with Crippen LogP contribution in [0.3, 0.4) is 0 Å². The maximum atomic E-state index is 10.5. The molecule has 0 aliphatic heterocycles. The van der Waals surface area contributed by atoms with Crippen LogP contribution in [0.4, 0.5) is 0 Å². The van der Waals surface area contributed by atoms with Gasteiger partial charge in [0.25, 0.3) is 0 Å². The number of aryl methyl sites for hydroxylation is 1. The van der Waals surface area contributed by atoms with E-state index in [9.17, 15) is 5.11 Å². The van der Waals surface area contributed by atoms with Crippen LogP contribution < -0.4 is 0 Å². The Labute approximate surface area is 97.7 Å². The van der Waals surface area contributed by atoms with E-state index in [-0.39, 0.29) is 5.92 Å². The first-order valence-electron chi connectivity index (χ1n) is 6.12. The quantitative estimate of drug-likeness (QED) is 0.806. The molecular formula is C12H23N3O. The molecule has 0 amide bonds. The summed E-state index contributed by atoms with van der Waals surface area (Å²) in [6.45, 7) is 9.09. The number of hydrogen-bond acceptors (Lipinski definition) is 3. The molecule has 0 aromatic carbocycles. The Kier molecular flexibility index (Phi) is 4.47. The SMILES string of the molecule is CCCn1ncnc1CC(O)(CC)C(C)C. The predicted octanol–water partition coefficient (Wildman–Crippen LogP) is 2.03. The van der Waals surface area contributed by atoms with Gasteiger partial charge in [-0.05, 0) is 18.8 Å². The summed E-state index contributed by atoms with van der Waals surface area (Å²) in [6.07, 6.45) is 3.93. The van der Waals surface area contributed by atoms with Gasteiger partial charge in [-0.2, -0.15) is 5.10 Å². The van der Waals surface area contributed by atoms with Crippen LogP contribution >= 0.6 is 0 Å². The molecular weight excluding hydrogens is 202 g/mol. The summed E-state index contributed by atoms with van der Waals surface area (Å²) in [4.78, 5) is 4.24. The van der Waals surface area contributed by atoms with Gasteiger partial charge in [-0.25, -0.2) is 4.98 Å². The first-order chi connectivity index (χ1) is 7.53. The minimum Gasteiger partial charge on any atom is -0.389 e. The Balaban J connectivity index is 2.81. The van der Waals surface area contributed by atoms with E-state index in [4.69, 9.17) is 0 Å². The van der Waals surface area contributed by atoms with E-state index in [0.717, 1.165) is 25.2 Å². The van der Waals surface area contributed by atoms with Crippen LogP contribution in [0.1, 0.15) is 46.4 Å². The van der Waals surface area contributed by atoms with E-state index < -0.39 is 5.60 Å². The van der Waals surface area contributed by atoms with Gasteiger partial charge in [0.1, 0.15) is 12.2 Å². The topological polar surface area (TPSA) is 50.9 Å². The molecule has 4 heteroatoms. The lowest BCUT2D eigenvalue weighted by Crippen LogP contribution is -2.37. The van der Waals surface area contributed by atoms with Crippen molar-refractivity contribution >= 4 is 0 Å². The van der Waals surface area contributed by atoms with Gasteiger partial charge in [-0.1, -0.05) is 27.7 Å². The van der Waals surface area contributed by atoms with Crippen molar-refractivity contribution in [1.29, 1.82) is 0 Å². The minimum atomic E-state index is -0.668. The maximum absolute atomic E-state index is 10.5. The van der Waals surface area contributed by atoms with Gasteiger partial charge >= 0.3 is 0 Å². The van der Waals surface area contributed by atoms with Crippen molar-refractivity contribution < 1.29 is 5.11 Å². The standard InChI is InChI=1S/C12H23N3O/c1-5-7-15-11(13-9-14-15)8-12(16,6-2)10(3)4/h9-10,16H,5-8H2,1-4H3. The molecule has 16 heavy (non-hydrogen) atoms. The zero-order valence-corrected chi connectivity index (χ0v) is 10.8. The van der Waals surface area contributed by atoms with E-state index in [1.54, 1.807) is 6.33 Å². The Morgan fingerprint density at radius 2 is 2.12 bits per heavy atom. The summed E-state index contributed by atoms with van der Waals surface area (Å²) < 4.78 is 1.89. The second-order valence-corrected chi connectivity index (χ2v) is 4.69. The van der Waals surface area contributed by atoms with E-state index >= 15 is 0 Å². The third-order valence-electron chi connectivity index (χ3n) is 3.28. The van der Waals surface area contributed by atoms with E-state index in [1.807, 2.05) is 25.5 Å². The molecule has 1 unspecified atom stereocenters. The largest absolute Gasteiger partial charge is 0.389 e. The summed E-state index contributed by atoms with van der Waals surface area (Å²) in [5.41, 5.74) is -0.668. The molecule has 1 heterocycles. The number of rotatable bonds is 6. The van der Waals surface area contributed by atoms with Crippen LogP contribution in [0.15, 0.2) is 6.33 Å². The maximum Gasteiger partial charge on any atom is 0.138 e. The molecule has 1 aromatic rings. The van der Waals surface area contributed by atoms with Gasteiger partial charge < -0.3 is 5.11 Å². The van der Waals surface area contributed by atoms with Crippen molar-refractivity contribution in [1.82, 2.24) is 14.8 Å². The van der Waals surface area contributed by atoms with E-state index in [1.165, 1.54) is 0 Å². The van der Waals surface area contributed by atoms with Crippen molar-refractivity contribution in [3.63, 3.8) is 0 Å². The zero-order chi connectivity index (χ0) is 12.2. The second-order valence-electron chi connectivity index (χ2n) is 4.69. The lowest BCUT2D eigenvalue weighted by atomic mass is 9.84. The lowest BCUT2D eigenvalue weighted by Gasteiger charge is -2.30. The second kappa shape index (κ2) is 5.43. The van der Waals surface area contributed by atoms with Crippen LogP contribution in [-0.2, 0) is 13.0 Å². The minimum absolute atomic E-state index is 0.226. The van der Waals surface area contributed by atoms with Crippen molar-refractivity contribution in [2.75, 3.05) is 0 Å². The first kappa shape index (κ1) is 13.2. The third kappa shape index (κ3) is 2.82. The van der Waals surface area contributed by atoms with E-state index in [0.29, 0.717) is 6.42 Å².